The van der Waals surface area contributed by atoms with Crippen LogP contribution in [0.4, 0.5) is 10.2 Å². The number of nitrogens with one attached hydrogen (secondary N) is 1. The maximum absolute atomic E-state index is 13.8. The predicted octanol–water partition coefficient (Wildman–Crippen LogP) is 3.47. The minimum atomic E-state index is -1.18. The van der Waals surface area contributed by atoms with Gasteiger partial charge in [-0.15, -0.1) is 0 Å². The molecular formula is C23H25FN4O4. The van der Waals surface area contributed by atoms with Gasteiger partial charge in [0.05, 0.1) is 18.9 Å². The van der Waals surface area contributed by atoms with Crippen LogP contribution in [-0.2, 0) is 6.42 Å². The third kappa shape index (κ3) is 5.12. The summed E-state index contributed by atoms with van der Waals surface area (Å²) in [5, 5.41) is 12.5. The molecule has 3 rings (SSSR count). The van der Waals surface area contributed by atoms with Crippen molar-refractivity contribution in [3.05, 3.63) is 65.4 Å². The van der Waals surface area contributed by atoms with Gasteiger partial charge in [0.1, 0.15) is 17.7 Å². The highest BCUT2D eigenvalue weighted by Gasteiger charge is 2.20. The Morgan fingerprint density at radius 2 is 2.00 bits per heavy atom. The van der Waals surface area contributed by atoms with Gasteiger partial charge in [0.2, 0.25) is 0 Å². The van der Waals surface area contributed by atoms with E-state index in [1.165, 1.54) is 6.07 Å². The van der Waals surface area contributed by atoms with E-state index in [1.54, 1.807) is 32.5 Å². The average Bonchev–Trinajstić information content (AvgIpc) is 2.78. The minimum Gasteiger partial charge on any atom is -0.494 e. The fraction of sp³-hybridized carbons (Fsp3) is 0.261. The third-order valence-electron chi connectivity index (χ3n) is 4.95. The molecular weight excluding hydrogens is 415 g/mol. The second-order valence-corrected chi connectivity index (χ2v) is 7.13. The Morgan fingerprint density at radius 1 is 1.22 bits per heavy atom. The van der Waals surface area contributed by atoms with Crippen LogP contribution in [-0.4, -0.2) is 41.7 Å². The molecule has 0 saturated heterocycles. The molecule has 0 bridgehead atoms. The van der Waals surface area contributed by atoms with Crippen molar-refractivity contribution in [1.29, 1.82) is 0 Å². The third-order valence-corrected chi connectivity index (χ3v) is 4.95. The first-order valence-electron chi connectivity index (χ1n) is 9.96. The summed E-state index contributed by atoms with van der Waals surface area (Å²) in [6.45, 7) is 2.39. The van der Waals surface area contributed by atoms with Crippen molar-refractivity contribution in [3.63, 3.8) is 0 Å². The summed E-state index contributed by atoms with van der Waals surface area (Å²) in [7, 11) is 3.42. The maximum atomic E-state index is 13.8. The fourth-order valence-corrected chi connectivity index (χ4v) is 3.28. The molecule has 0 aliphatic carbocycles. The van der Waals surface area contributed by atoms with Crippen LogP contribution >= 0.6 is 0 Å². The van der Waals surface area contributed by atoms with Gasteiger partial charge in [-0.2, -0.15) is 0 Å². The van der Waals surface area contributed by atoms with Crippen LogP contribution in [0.2, 0.25) is 0 Å². The van der Waals surface area contributed by atoms with E-state index in [4.69, 9.17) is 15.2 Å². The van der Waals surface area contributed by atoms with E-state index in [0.717, 1.165) is 36.4 Å². The van der Waals surface area contributed by atoms with Crippen LogP contribution in [0.1, 0.15) is 34.6 Å². The number of benzene rings is 1. The number of nitrogens with two attached hydrogens (primary N) is 1. The zero-order valence-electron chi connectivity index (χ0n) is 18.1. The molecule has 0 spiro atoms. The first-order chi connectivity index (χ1) is 15.3. The zero-order valence-corrected chi connectivity index (χ0v) is 18.1. The molecule has 9 heteroatoms. The van der Waals surface area contributed by atoms with Gasteiger partial charge in [0.15, 0.2) is 11.6 Å². The number of carbonyl (C=O) groups is 1. The molecule has 0 aliphatic rings. The summed E-state index contributed by atoms with van der Waals surface area (Å²) in [6.07, 6.45) is 3.18. The number of carboxylic acid groups (broad SMARTS) is 1. The summed E-state index contributed by atoms with van der Waals surface area (Å²) in [6, 6.07) is 7.04. The smallest absolute Gasteiger partial charge is 0.336 e. The Kier molecular flexibility index (Phi) is 7.21. The average molecular weight is 440 g/mol. The number of hydrogen-bond acceptors (Lipinski definition) is 7. The highest BCUT2D eigenvalue weighted by molar-refractivity contribution is 5.89. The molecule has 0 radical (unpaired) electrons. The number of methoxy groups -OCH3 is 1. The first-order valence-corrected chi connectivity index (χ1v) is 9.96. The second-order valence-electron chi connectivity index (χ2n) is 7.13. The number of aromatic nitrogens is 2. The van der Waals surface area contributed by atoms with Crippen LogP contribution in [0.3, 0.4) is 0 Å². The van der Waals surface area contributed by atoms with Crippen LogP contribution in [0.25, 0.3) is 11.1 Å². The van der Waals surface area contributed by atoms with Gasteiger partial charge in [-0.05, 0) is 44.3 Å². The number of nitrogen functional groups attached to an aromatic ring is 1. The molecule has 0 unspecified atom stereocenters. The molecule has 2 heterocycles. The van der Waals surface area contributed by atoms with E-state index in [1.807, 2.05) is 13.1 Å². The Morgan fingerprint density at radius 3 is 2.69 bits per heavy atom. The van der Waals surface area contributed by atoms with E-state index >= 15 is 0 Å². The molecule has 1 atom stereocenters. The van der Waals surface area contributed by atoms with Gasteiger partial charge < -0.3 is 25.6 Å². The van der Waals surface area contributed by atoms with Gasteiger partial charge >= 0.3 is 5.97 Å². The lowest BCUT2D eigenvalue weighted by atomic mass is 10.0. The lowest BCUT2D eigenvalue weighted by Gasteiger charge is -2.19. The Balaban J connectivity index is 1.97. The number of halogens is 1. The summed E-state index contributed by atoms with van der Waals surface area (Å²) >= 11 is 0. The first kappa shape index (κ1) is 23.0. The Hall–Kier alpha value is -3.72. The number of anilines is 1. The molecule has 2 aromatic heterocycles. The largest absolute Gasteiger partial charge is 0.494 e. The van der Waals surface area contributed by atoms with Crippen molar-refractivity contribution >= 4 is 11.8 Å². The van der Waals surface area contributed by atoms with Gasteiger partial charge in [0.25, 0.3) is 0 Å². The van der Waals surface area contributed by atoms with Gasteiger partial charge in [-0.25, -0.2) is 14.2 Å². The number of nitrogens with zero attached hydrogens (tertiary/aromatic N) is 2. The van der Waals surface area contributed by atoms with Crippen molar-refractivity contribution in [2.45, 2.75) is 19.4 Å². The van der Waals surface area contributed by atoms with Crippen LogP contribution in [0.5, 0.6) is 11.5 Å². The number of carboxylic acids is 1. The molecule has 0 fully saturated rings. The number of rotatable bonds is 9. The molecule has 32 heavy (non-hydrogen) atoms. The van der Waals surface area contributed by atoms with Gasteiger partial charge in [-0.1, -0.05) is 0 Å². The number of ether oxygens (including phenoxy) is 2. The summed E-state index contributed by atoms with van der Waals surface area (Å²) in [4.78, 5) is 20.2. The van der Waals surface area contributed by atoms with Crippen molar-refractivity contribution in [1.82, 2.24) is 15.3 Å². The normalized spacial score (nSPS) is 11.8. The van der Waals surface area contributed by atoms with Crippen molar-refractivity contribution in [2.24, 2.45) is 0 Å². The molecule has 4 N–H and O–H groups in total. The van der Waals surface area contributed by atoms with Gasteiger partial charge in [0, 0.05) is 41.5 Å². The fourth-order valence-electron chi connectivity index (χ4n) is 3.28. The summed E-state index contributed by atoms with van der Waals surface area (Å²) < 4.78 is 25.1. The van der Waals surface area contributed by atoms with E-state index in [9.17, 15) is 14.3 Å². The van der Waals surface area contributed by atoms with E-state index in [-0.39, 0.29) is 22.7 Å². The molecule has 3 aromatic rings. The lowest BCUT2D eigenvalue weighted by Crippen LogP contribution is -2.12. The molecule has 0 aliphatic heterocycles. The zero-order chi connectivity index (χ0) is 23.3. The van der Waals surface area contributed by atoms with Crippen LogP contribution in [0, 0.1) is 5.82 Å². The van der Waals surface area contributed by atoms with Crippen molar-refractivity contribution in [2.75, 3.05) is 26.4 Å². The highest BCUT2D eigenvalue weighted by atomic mass is 19.1. The standard InChI is InChI=1S/C23H25FN4O4/c1-13(18-9-15(24)4-5-17(18)23(29)30)32-20-8-14(11-28-22(20)25)19-10-16(6-7-26-2)27-12-21(19)31-3/h4-5,8-13,26H,6-7H2,1-3H3,(H2,25,28)(H,29,30)/t13-/m1/s1. The van der Waals surface area contributed by atoms with E-state index in [0.29, 0.717) is 11.3 Å². The predicted molar refractivity (Wildman–Crippen MR) is 118 cm³/mol. The number of aromatic carboxylic acids is 1. The summed E-state index contributed by atoms with van der Waals surface area (Å²) in [5.74, 6) is -0.813. The number of pyridine rings is 2. The quantitative estimate of drug-likeness (QED) is 0.463. The topological polar surface area (TPSA) is 120 Å². The minimum absolute atomic E-state index is 0.0495. The second kappa shape index (κ2) is 10.1. The molecule has 1 aromatic carbocycles. The molecule has 168 valence electrons. The van der Waals surface area contributed by atoms with E-state index < -0.39 is 17.9 Å². The van der Waals surface area contributed by atoms with Crippen molar-refractivity contribution in [3.8, 4) is 22.6 Å². The monoisotopic (exact) mass is 440 g/mol. The van der Waals surface area contributed by atoms with Gasteiger partial charge in [-0.3, -0.25) is 4.98 Å². The van der Waals surface area contributed by atoms with Crippen molar-refractivity contribution < 1.29 is 23.8 Å². The Bertz CT molecular complexity index is 1120. The highest BCUT2D eigenvalue weighted by Crippen LogP contribution is 2.35. The van der Waals surface area contributed by atoms with Crippen LogP contribution in [0.15, 0.2) is 42.7 Å². The van der Waals surface area contributed by atoms with E-state index in [2.05, 4.69) is 15.3 Å². The molecule has 0 amide bonds. The Labute approximate surface area is 185 Å². The number of likely N-dealkylation sites (N-methyl/N-ethyl adjacent to an activating group) is 1. The molecule has 8 nitrogen and oxygen atoms in total. The maximum Gasteiger partial charge on any atom is 0.336 e. The number of hydrogen-bond donors (Lipinski definition) is 3. The molecule has 0 saturated carbocycles. The summed E-state index contributed by atoms with van der Waals surface area (Å²) in [5.41, 5.74) is 8.47. The lowest BCUT2D eigenvalue weighted by molar-refractivity contribution is 0.0691. The van der Waals surface area contributed by atoms with Crippen LogP contribution < -0.4 is 20.5 Å². The SMILES string of the molecule is CNCCc1cc(-c2cnc(N)c(O[C@H](C)c3cc(F)ccc3C(=O)O)c2)c(OC)cn1.